The van der Waals surface area contributed by atoms with Gasteiger partial charge in [-0.2, -0.15) is 23.4 Å². The second-order valence-corrected chi connectivity index (χ2v) is 6.01. The highest BCUT2D eigenvalue weighted by atomic mass is 19.4. The van der Waals surface area contributed by atoms with Gasteiger partial charge in [-0.1, -0.05) is 36.4 Å². The quantitative estimate of drug-likeness (QED) is 0.516. The molecule has 0 aromatic heterocycles. The Morgan fingerprint density at radius 3 is 2.11 bits per heavy atom. The third-order valence-corrected chi connectivity index (χ3v) is 3.81. The van der Waals surface area contributed by atoms with Gasteiger partial charge in [0.15, 0.2) is 0 Å². The Balaban J connectivity index is 1.60. The van der Waals surface area contributed by atoms with Crippen LogP contribution in [0.2, 0.25) is 0 Å². The molecule has 0 bridgehead atoms. The highest BCUT2D eigenvalue weighted by Crippen LogP contribution is 2.29. The van der Waals surface area contributed by atoms with Crippen molar-refractivity contribution in [3.05, 3.63) is 90.0 Å². The van der Waals surface area contributed by atoms with Gasteiger partial charge in [-0.05, 0) is 48.0 Å². The SMILES string of the molecule is O=C(Cc1cccc(C(F)(F)F)c1)Nc1ccc(N=Nc2ccccc2)cc1. The second kappa shape index (κ2) is 8.47. The molecular formula is C21H16F3N3O. The van der Waals surface area contributed by atoms with Crippen LogP contribution in [0.15, 0.2) is 89.1 Å². The Morgan fingerprint density at radius 1 is 0.821 bits per heavy atom. The first-order valence-corrected chi connectivity index (χ1v) is 8.43. The predicted octanol–water partition coefficient (Wildman–Crippen LogP) is 6.30. The van der Waals surface area contributed by atoms with Crippen molar-refractivity contribution < 1.29 is 18.0 Å². The van der Waals surface area contributed by atoms with E-state index in [1.54, 1.807) is 24.3 Å². The van der Waals surface area contributed by atoms with Gasteiger partial charge in [0.05, 0.1) is 23.4 Å². The smallest absolute Gasteiger partial charge is 0.326 e. The minimum absolute atomic E-state index is 0.153. The number of alkyl halides is 3. The van der Waals surface area contributed by atoms with Crippen LogP contribution in [0.4, 0.5) is 30.2 Å². The summed E-state index contributed by atoms with van der Waals surface area (Å²) < 4.78 is 38.2. The number of carbonyl (C=O) groups excluding carboxylic acids is 1. The molecule has 7 heteroatoms. The van der Waals surface area contributed by atoms with Crippen molar-refractivity contribution in [1.29, 1.82) is 0 Å². The number of nitrogens with one attached hydrogen (secondary N) is 1. The highest BCUT2D eigenvalue weighted by molar-refractivity contribution is 5.92. The molecule has 0 heterocycles. The first kappa shape index (κ1) is 19.3. The maximum Gasteiger partial charge on any atom is 0.416 e. The number of benzene rings is 3. The number of hydrogen-bond donors (Lipinski definition) is 1. The molecule has 142 valence electrons. The lowest BCUT2D eigenvalue weighted by atomic mass is 10.1. The molecule has 1 N–H and O–H groups in total. The molecule has 0 aliphatic carbocycles. The second-order valence-electron chi connectivity index (χ2n) is 6.01. The molecular weight excluding hydrogens is 367 g/mol. The lowest BCUT2D eigenvalue weighted by molar-refractivity contribution is -0.137. The van der Waals surface area contributed by atoms with Gasteiger partial charge >= 0.3 is 6.18 Å². The number of nitrogens with zero attached hydrogens (tertiary/aromatic N) is 2. The van der Waals surface area contributed by atoms with Crippen LogP contribution in [0.5, 0.6) is 0 Å². The zero-order valence-electron chi connectivity index (χ0n) is 14.6. The average Bonchev–Trinajstić information content (AvgIpc) is 2.68. The Morgan fingerprint density at radius 2 is 1.46 bits per heavy atom. The van der Waals surface area contributed by atoms with E-state index in [1.165, 1.54) is 12.1 Å². The van der Waals surface area contributed by atoms with E-state index < -0.39 is 17.6 Å². The molecule has 0 unspecified atom stereocenters. The van der Waals surface area contributed by atoms with Gasteiger partial charge in [0.1, 0.15) is 0 Å². The molecule has 0 saturated carbocycles. The van der Waals surface area contributed by atoms with Crippen molar-refractivity contribution in [3.8, 4) is 0 Å². The summed E-state index contributed by atoms with van der Waals surface area (Å²) in [6.07, 6.45) is -4.59. The van der Waals surface area contributed by atoms with Gasteiger partial charge in [0, 0.05) is 5.69 Å². The lowest BCUT2D eigenvalue weighted by Crippen LogP contribution is -2.15. The number of hydrogen-bond acceptors (Lipinski definition) is 3. The normalized spacial score (nSPS) is 11.5. The fourth-order valence-corrected chi connectivity index (χ4v) is 2.47. The van der Waals surface area contributed by atoms with Gasteiger partial charge in [-0.25, -0.2) is 0 Å². The number of halogens is 3. The average molecular weight is 383 g/mol. The first-order valence-electron chi connectivity index (χ1n) is 8.43. The topological polar surface area (TPSA) is 53.8 Å². The third kappa shape index (κ3) is 5.51. The molecule has 3 aromatic rings. The molecule has 0 spiro atoms. The monoisotopic (exact) mass is 383 g/mol. The largest absolute Gasteiger partial charge is 0.416 e. The van der Waals surface area contributed by atoms with Crippen LogP contribution in [0.25, 0.3) is 0 Å². The van der Waals surface area contributed by atoms with E-state index in [-0.39, 0.29) is 6.42 Å². The minimum atomic E-state index is -4.43. The molecule has 0 fully saturated rings. The predicted molar refractivity (Wildman–Crippen MR) is 101 cm³/mol. The number of carbonyl (C=O) groups is 1. The van der Waals surface area contributed by atoms with E-state index in [2.05, 4.69) is 15.5 Å². The zero-order valence-corrected chi connectivity index (χ0v) is 14.6. The molecule has 3 aromatic carbocycles. The van der Waals surface area contributed by atoms with Crippen LogP contribution in [0.1, 0.15) is 11.1 Å². The van der Waals surface area contributed by atoms with Crippen LogP contribution in [0.3, 0.4) is 0 Å². The number of amides is 1. The summed E-state index contributed by atoms with van der Waals surface area (Å²) in [7, 11) is 0. The van der Waals surface area contributed by atoms with Crippen molar-refractivity contribution in [1.82, 2.24) is 0 Å². The van der Waals surface area contributed by atoms with Crippen molar-refractivity contribution in [2.24, 2.45) is 10.2 Å². The van der Waals surface area contributed by atoms with Crippen molar-refractivity contribution >= 4 is 23.0 Å². The molecule has 0 radical (unpaired) electrons. The van der Waals surface area contributed by atoms with Gasteiger partial charge in [0.25, 0.3) is 0 Å². The first-order chi connectivity index (χ1) is 13.4. The van der Waals surface area contributed by atoms with Crippen LogP contribution in [-0.2, 0) is 17.4 Å². The van der Waals surface area contributed by atoms with E-state index >= 15 is 0 Å². The van der Waals surface area contributed by atoms with Gasteiger partial charge in [-0.15, -0.1) is 0 Å². The molecule has 28 heavy (non-hydrogen) atoms. The number of rotatable bonds is 5. The summed E-state index contributed by atoms with van der Waals surface area (Å²) in [6.45, 7) is 0. The van der Waals surface area contributed by atoms with E-state index in [9.17, 15) is 18.0 Å². The van der Waals surface area contributed by atoms with Crippen molar-refractivity contribution in [3.63, 3.8) is 0 Å². The molecule has 1 amide bonds. The van der Waals surface area contributed by atoms with Crippen LogP contribution in [-0.4, -0.2) is 5.91 Å². The number of azo groups is 1. The van der Waals surface area contributed by atoms with Crippen molar-refractivity contribution in [2.45, 2.75) is 12.6 Å². The number of anilines is 1. The highest BCUT2D eigenvalue weighted by Gasteiger charge is 2.30. The zero-order chi connectivity index (χ0) is 20.0. The third-order valence-electron chi connectivity index (χ3n) is 3.81. The molecule has 4 nitrogen and oxygen atoms in total. The summed E-state index contributed by atoms with van der Waals surface area (Å²) in [6, 6.07) is 20.7. The Labute approximate surface area is 159 Å². The Hall–Kier alpha value is -3.48. The molecule has 0 atom stereocenters. The summed E-state index contributed by atoms with van der Waals surface area (Å²) in [5.41, 5.74) is 1.38. The van der Waals surface area contributed by atoms with Crippen molar-refractivity contribution in [2.75, 3.05) is 5.32 Å². The van der Waals surface area contributed by atoms with E-state index in [1.807, 2.05) is 30.3 Å². The van der Waals surface area contributed by atoms with Gasteiger partial charge in [-0.3, -0.25) is 4.79 Å². The van der Waals surface area contributed by atoms with E-state index in [4.69, 9.17) is 0 Å². The fraction of sp³-hybridized carbons (Fsp3) is 0.0952. The van der Waals surface area contributed by atoms with Crippen LogP contribution >= 0.6 is 0 Å². The van der Waals surface area contributed by atoms with Gasteiger partial charge < -0.3 is 5.32 Å². The molecule has 0 aliphatic heterocycles. The fourth-order valence-electron chi connectivity index (χ4n) is 2.47. The van der Waals surface area contributed by atoms with E-state index in [0.29, 0.717) is 16.9 Å². The van der Waals surface area contributed by atoms with E-state index in [0.717, 1.165) is 17.8 Å². The maximum atomic E-state index is 12.7. The molecule has 0 aliphatic rings. The standard InChI is InChI=1S/C21H16F3N3O/c22-21(23,24)16-6-4-5-15(13-16)14-20(28)25-17-9-11-19(12-10-17)27-26-18-7-2-1-3-8-18/h1-13H,14H2,(H,25,28). The Bertz CT molecular complexity index is 968. The summed E-state index contributed by atoms with van der Waals surface area (Å²) in [5.74, 6) is -0.405. The maximum absolute atomic E-state index is 12.7. The van der Waals surface area contributed by atoms with Gasteiger partial charge in [0.2, 0.25) is 5.91 Å². The summed E-state index contributed by atoms with van der Waals surface area (Å²) in [4.78, 5) is 12.1. The molecule has 0 saturated heterocycles. The van der Waals surface area contributed by atoms with Crippen LogP contribution < -0.4 is 5.32 Å². The lowest BCUT2D eigenvalue weighted by Gasteiger charge is -2.09. The molecule has 3 rings (SSSR count). The summed E-state index contributed by atoms with van der Waals surface area (Å²) in [5, 5.41) is 10.9. The van der Waals surface area contributed by atoms with Crippen LogP contribution in [0, 0.1) is 0 Å². The Kier molecular flexibility index (Phi) is 5.84. The minimum Gasteiger partial charge on any atom is -0.326 e. The summed E-state index contributed by atoms with van der Waals surface area (Å²) >= 11 is 0.